The van der Waals surface area contributed by atoms with Gasteiger partial charge in [0, 0.05) is 19.3 Å². The zero-order valence-corrected chi connectivity index (χ0v) is 14.7. The van der Waals surface area contributed by atoms with Gasteiger partial charge in [-0.15, -0.1) is 0 Å². The van der Waals surface area contributed by atoms with Gasteiger partial charge in [-0.1, -0.05) is 20.3 Å². The molecule has 2 N–H and O–H groups in total. The molecule has 0 aliphatic carbocycles. The van der Waals surface area contributed by atoms with E-state index in [-0.39, 0.29) is 12.4 Å². The Kier molecular flexibility index (Phi) is 5.43. The Bertz CT molecular complexity index is 841. The first-order valence-corrected chi connectivity index (χ1v) is 8.76. The summed E-state index contributed by atoms with van der Waals surface area (Å²) in [7, 11) is 0. The van der Waals surface area contributed by atoms with Gasteiger partial charge in [0.15, 0.2) is 5.82 Å². The fourth-order valence-electron chi connectivity index (χ4n) is 2.81. The van der Waals surface area contributed by atoms with Crippen LogP contribution in [0.2, 0.25) is 0 Å². The topological polar surface area (TPSA) is 79.6 Å². The summed E-state index contributed by atoms with van der Waals surface area (Å²) in [4.78, 5) is 12.3. The highest BCUT2D eigenvalue weighted by Crippen LogP contribution is 2.15. The van der Waals surface area contributed by atoms with Crippen molar-refractivity contribution in [1.82, 2.24) is 24.7 Å². The van der Waals surface area contributed by atoms with Crippen LogP contribution >= 0.6 is 0 Å². The molecule has 6 nitrogen and oxygen atoms in total. The van der Waals surface area contributed by atoms with Crippen molar-refractivity contribution in [1.29, 1.82) is 0 Å². The molecule has 0 unspecified atom stereocenters. The van der Waals surface area contributed by atoms with Crippen molar-refractivity contribution >= 4 is 11.0 Å². The molecule has 0 fully saturated rings. The Balaban J connectivity index is 1.73. The number of hydrogen-bond acceptors (Lipinski definition) is 4. The van der Waals surface area contributed by atoms with Crippen LogP contribution in [-0.4, -0.2) is 36.4 Å². The summed E-state index contributed by atoms with van der Waals surface area (Å²) in [6, 6.07) is 4.53. The van der Waals surface area contributed by atoms with E-state index >= 15 is 0 Å². The average molecular weight is 345 g/mol. The lowest BCUT2D eigenvalue weighted by atomic mass is 10.1. The summed E-state index contributed by atoms with van der Waals surface area (Å²) in [5.41, 5.74) is 1.45. The van der Waals surface area contributed by atoms with Crippen LogP contribution in [0.5, 0.6) is 0 Å². The number of fused-ring (bicyclic) bond motifs is 1. The number of imidazole rings is 1. The molecule has 0 radical (unpaired) electrons. The Morgan fingerprint density at radius 3 is 2.88 bits per heavy atom. The maximum Gasteiger partial charge on any atom is 0.151 e. The number of H-pyrrole nitrogens is 1. The van der Waals surface area contributed by atoms with Crippen LogP contribution in [0.25, 0.3) is 11.0 Å². The Labute approximate surface area is 146 Å². The fraction of sp³-hybridized carbons (Fsp3) is 0.500. The van der Waals surface area contributed by atoms with Crippen LogP contribution < -0.4 is 0 Å². The first kappa shape index (κ1) is 17.5. The number of benzene rings is 1. The van der Waals surface area contributed by atoms with Crippen molar-refractivity contribution in [3.8, 4) is 0 Å². The summed E-state index contributed by atoms with van der Waals surface area (Å²) in [6.45, 7) is 4.80. The van der Waals surface area contributed by atoms with Crippen LogP contribution in [0.15, 0.2) is 18.2 Å². The highest BCUT2D eigenvalue weighted by atomic mass is 19.1. The number of aromatic amines is 1. The van der Waals surface area contributed by atoms with E-state index in [1.165, 1.54) is 12.1 Å². The smallest absolute Gasteiger partial charge is 0.151 e. The van der Waals surface area contributed by atoms with Gasteiger partial charge in [0.1, 0.15) is 17.5 Å². The number of rotatable bonds is 8. The number of aromatic nitrogens is 5. The molecule has 3 aromatic rings. The van der Waals surface area contributed by atoms with Crippen LogP contribution in [0, 0.1) is 11.7 Å². The van der Waals surface area contributed by atoms with Gasteiger partial charge in [0.25, 0.3) is 0 Å². The molecule has 0 saturated heterocycles. The molecule has 0 amide bonds. The predicted octanol–water partition coefficient (Wildman–Crippen LogP) is 2.66. The zero-order valence-electron chi connectivity index (χ0n) is 14.7. The summed E-state index contributed by atoms with van der Waals surface area (Å²) < 4.78 is 15.1. The molecule has 1 aromatic carbocycles. The van der Waals surface area contributed by atoms with E-state index < -0.39 is 0 Å². The minimum Gasteiger partial charge on any atom is -0.394 e. The maximum atomic E-state index is 13.3. The van der Waals surface area contributed by atoms with Gasteiger partial charge < -0.3 is 10.1 Å². The Morgan fingerprint density at radius 1 is 1.28 bits per heavy atom. The van der Waals surface area contributed by atoms with Gasteiger partial charge in [0.2, 0.25) is 0 Å². The van der Waals surface area contributed by atoms with E-state index in [1.54, 1.807) is 10.7 Å². The quantitative estimate of drug-likeness (QED) is 0.658. The van der Waals surface area contributed by atoms with Crippen molar-refractivity contribution in [3.05, 3.63) is 41.5 Å². The molecular weight excluding hydrogens is 321 g/mol. The third kappa shape index (κ3) is 4.22. The lowest BCUT2D eigenvalue weighted by molar-refractivity contribution is 0.266. The molecule has 0 aliphatic heterocycles. The van der Waals surface area contributed by atoms with Crippen molar-refractivity contribution in [2.24, 2.45) is 5.92 Å². The molecule has 25 heavy (non-hydrogen) atoms. The SMILES string of the molecule is CC[C@@H](C)Cc1nc(CCc2nc3ccc(F)cc3[nH]2)n(CCO)n1. The second-order valence-corrected chi connectivity index (χ2v) is 6.45. The number of halogens is 1. The number of aliphatic hydroxyl groups is 1. The Hall–Kier alpha value is -2.28. The molecule has 0 saturated carbocycles. The van der Waals surface area contributed by atoms with E-state index in [9.17, 15) is 9.50 Å². The number of aryl methyl sites for hydroxylation is 2. The molecule has 3 rings (SSSR count). The van der Waals surface area contributed by atoms with Crippen molar-refractivity contribution < 1.29 is 9.50 Å². The summed E-state index contributed by atoms with van der Waals surface area (Å²) in [5, 5.41) is 13.8. The van der Waals surface area contributed by atoms with Gasteiger partial charge in [-0.25, -0.2) is 19.0 Å². The van der Waals surface area contributed by atoms with Crippen LogP contribution in [0.3, 0.4) is 0 Å². The normalized spacial score (nSPS) is 12.8. The van der Waals surface area contributed by atoms with Gasteiger partial charge in [-0.2, -0.15) is 5.10 Å². The van der Waals surface area contributed by atoms with E-state index in [0.717, 1.165) is 35.8 Å². The van der Waals surface area contributed by atoms with E-state index in [4.69, 9.17) is 0 Å². The molecule has 7 heteroatoms. The van der Waals surface area contributed by atoms with Gasteiger partial charge in [-0.3, -0.25) is 0 Å². The Morgan fingerprint density at radius 2 is 2.12 bits per heavy atom. The number of nitrogens with one attached hydrogen (secondary N) is 1. The summed E-state index contributed by atoms with van der Waals surface area (Å²) in [5.74, 6) is 2.72. The zero-order chi connectivity index (χ0) is 17.8. The molecular formula is C18H24FN5O. The monoisotopic (exact) mass is 345 g/mol. The van der Waals surface area contributed by atoms with Gasteiger partial charge in [-0.05, 0) is 24.1 Å². The van der Waals surface area contributed by atoms with Crippen LogP contribution in [0.4, 0.5) is 4.39 Å². The number of hydrogen-bond donors (Lipinski definition) is 2. The average Bonchev–Trinajstić information content (AvgIpc) is 3.16. The van der Waals surface area contributed by atoms with E-state index in [0.29, 0.717) is 30.8 Å². The minimum atomic E-state index is -0.278. The minimum absolute atomic E-state index is 0.0308. The van der Waals surface area contributed by atoms with Crippen LogP contribution in [-0.2, 0) is 25.8 Å². The molecule has 1 atom stereocenters. The third-order valence-corrected chi connectivity index (χ3v) is 4.41. The molecule has 0 spiro atoms. The van der Waals surface area contributed by atoms with Crippen molar-refractivity contribution in [3.63, 3.8) is 0 Å². The predicted molar refractivity (Wildman–Crippen MR) is 93.7 cm³/mol. The van der Waals surface area contributed by atoms with Gasteiger partial charge >= 0.3 is 0 Å². The molecule has 0 bridgehead atoms. The lowest BCUT2D eigenvalue weighted by Gasteiger charge is -2.03. The first-order valence-electron chi connectivity index (χ1n) is 8.76. The van der Waals surface area contributed by atoms with Gasteiger partial charge in [0.05, 0.1) is 24.2 Å². The highest BCUT2D eigenvalue weighted by Gasteiger charge is 2.13. The van der Waals surface area contributed by atoms with Crippen molar-refractivity contribution in [2.45, 2.75) is 46.1 Å². The van der Waals surface area contributed by atoms with Crippen LogP contribution in [0.1, 0.15) is 37.7 Å². The third-order valence-electron chi connectivity index (χ3n) is 4.41. The fourth-order valence-corrected chi connectivity index (χ4v) is 2.81. The molecule has 134 valence electrons. The standard InChI is InChI=1S/C18H24FN5O/c1-3-12(2)10-17-22-18(24(23-17)8-9-25)7-6-16-20-14-5-4-13(19)11-15(14)21-16/h4-5,11-12,25H,3,6-10H2,1-2H3,(H,20,21)/t12-/m1/s1. The molecule has 2 aromatic heterocycles. The first-order chi connectivity index (χ1) is 12.1. The second-order valence-electron chi connectivity index (χ2n) is 6.45. The lowest BCUT2D eigenvalue weighted by Crippen LogP contribution is -2.10. The summed E-state index contributed by atoms with van der Waals surface area (Å²) >= 11 is 0. The van der Waals surface area contributed by atoms with E-state index in [2.05, 4.69) is 33.9 Å². The highest BCUT2D eigenvalue weighted by molar-refractivity contribution is 5.74. The largest absolute Gasteiger partial charge is 0.394 e. The molecule has 0 aliphatic rings. The number of nitrogens with zero attached hydrogens (tertiary/aromatic N) is 4. The van der Waals surface area contributed by atoms with Crippen molar-refractivity contribution in [2.75, 3.05) is 6.61 Å². The number of aliphatic hydroxyl groups excluding tert-OH is 1. The van der Waals surface area contributed by atoms with E-state index in [1.807, 2.05) is 0 Å². The second kappa shape index (κ2) is 7.74. The summed E-state index contributed by atoms with van der Waals surface area (Å²) in [6.07, 6.45) is 3.24. The molecule has 2 heterocycles. The maximum absolute atomic E-state index is 13.3.